The molecular weight excluding hydrogens is 224 g/mol. The molecule has 1 rings (SSSR count). The van der Waals surface area contributed by atoms with Gasteiger partial charge in [0.15, 0.2) is 5.82 Å². The lowest BCUT2D eigenvalue weighted by Crippen LogP contribution is -2.25. The van der Waals surface area contributed by atoms with Crippen molar-refractivity contribution >= 4 is 23.4 Å². The average Bonchev–Trinajstić information content (AvgIpc) is 2.25. The fourth-order valence-electron chi connectivity index (χ4n) is 1.81. The number of nitrogen functional groups attached to an aromatic ring is 1. The minimum Gasteiger partial charge on any atom is -0.368 e. The first kappa shape index (κ1) is 13.0. The monoisotopic (exact) mass is 242 g/mol. The van der Waals surface area contributed by atoms with E-state index in [1.807, 2.05) is 0 Å². The molecule has 16 heavy (non-hydrogen) atoms. The van der Waals surface area contributed by atoms with E-state index >= 15 is 0 Å². The molecule has 90 valence electrons. The van der Waals surface area contributed by atoms with Crippen molar-refractivity contribution in [3.63, 3.8) is 0 Å². The van der Waals surface area contributed by atoms with Gasteiger partial charge in [0.2, 0.25) is 5.95 Å². The van der Waals surface area contributed by atoms with Gasteiger partial charge in [-0.2, -0.15) is 4.98 Å². The molecule has 0 fully saturated rings. The van der Waals surface area contributed by atoms with Crippen LogP contribution in [0.25, 0.3) is 0 Å². The highest BCUT2D eigenvalue weighted by molar-refractivity contribution is 6.32. The molecule has 0 radical (unpaired) electrons. The number of nitrogens with one attached hydrogen (secondary N) is 1. The molecule has 1 aromatic heterocycles. The van der Waals surface area contributed by atoms with Crippen molar-refractivity contribution in [2.45, 2.75) is 39.7 Å². The molecule has 3 N–H and O–H groups in total. The maximum absolute atomic E-state index is 5.99. The van der Waals surface area contributed by atoms with Crippen molar-refractivity contribution in [2.75, 3.05) is 11.1 Å². The van der Waals surface area contributed by atoms with Crippen LogP contribution in [-0.2, 0) is 0 Å². The van der Waals surface area contributed by atoms with E-state index in [0.717, 1.165) is 12.8 Å². The molecule has 0 aliphatic carbocycles. The molecule has 1 unspecified atom stereocenters. The summed E-state index contributed by atoms with van der Waals surface area (Å²) in [6, 6.07) is 0.321. The maximum Gasteiger partial charge on any atom is 0.222 e. The summed E-state index contributed by atoms with van der Waals surface area (Å²) in [5.74, 6) is 1.46. The first-order chi connectivity index (χ1) is 7.58. The van der Waals surface area contributed by atoms with Crippen LogP contribution >= 0.6 is 11.6 Å². The zero-order valence-electron chi connectivity index (χ0n) is 10.00. The molecule has 0 bridgehead atoms. The van der Waals surface area contributed by atoms with Gasteiger partial charge < -0.3 is 11.1 Å². The van der Waals surface area contributed by atoms with Gasteiger partial charge in [-0.15, -0.1) is 0 Å². The number of halogens is 1. The molecule has 0 saturated heterocycles. The molecule has 0 saturated carbocycles. The van der Waals surface area contributed by atoms with E-state index < -0.39 is 0 Å². The summed E-state index contributed by atoms with van der Waals surface area (Å²) in [6.07, 6.45) is 3.78. The van der Waals surface area contributed by atoms with Crippen molar-refractivity contribution in [3.8, 4) is 0 Å². The summed E-state index contributed by atoms with van der Waals surface area (Å²) in [4.78, 5) is 7.91. The van der Waals surface area contributed by atoms with Crippen LogP contribution < -0.4 is 11.1 Å². The van der Waals surface area contributed by atoms with Crippen molar-refractivity contribution in [1.29, 1.82) is 0 Å². The Hall–Kier alpha value is -1.03. The smallest absolute Gasteiger partial charge is 0.222 e. The van der Waals surface area contributed by atoms with E-state index in [-0.39, 0.29) is 5.95 Å². The number of nitrogens with zero attached hydrogens (tertiary/aromatic N) is 2. The van der Waals surface area contributed by atoms with Crippen LogP contribution in [0, 0.1) is 5.92 Å². The Labute approximate surface area is 102 Å². The number of anilines is 2. The fourth-order valence-corrected chi connectivity index (χ4v) is 1.96. The second-order valence-electron chi connectivity index (χ2n) is 3.93. The van der Waals surface area contributed by atoms with E-state index in [0.29, 0.717) is 22.8 Å². The number of nitrogens with two attached hydrogens (primary N) is 1. The summed E-state index contributed by atoms with van der Waals surface area (Å²) in [7, 11) is 0. The molecule has 1 heterocycles. The Kier molecular flexibility index (Phi) is 4.80. The third kappa shape index (κ3) is 3.23. The lowest BCUT2D eigenvalue weighted by molar-refractivity contribution is 0.437. The standard InChI is InChI=1S/C11H19ClN4/c1-4-8(5-2)7(3)15-10-9(12)6-14-11(13)16-10/h6-8H,4-5H2,1-3H3,(H3,13,14,15,16). The topological polar surface area (TPSA) is 63.8 Å². The Balaban J connectivity index is 2.75. The fraction of sp³-hybridized carbons (Fsp3) is 0.636. The van der Waals surface area contributed by atoms with Crippen LogP contribution in [0.5, 0.6) is 0 Å². The van der Waals surface area contributed by atoms with Gasteiger partial charge in [-0.25, -0.2) is 4.98 Å². The highest BCUT2D eigenvalue weighted by atomic mass is 35.5. The van der Waals surface area contributed by atoms with Crippen molar-refractivity contribution < 1.29 is 0 Å². The SMILES string of the molecule is CCC(CC)C(C)Nc1nc(N)ncc1Cl. The Bertz CT molecular complexity index is 339. The molecule has 5 heteroatoms. The van der Waals surface area contributed by atoms with Crippen molar-refractivity contribution in [3.05, 3.63) is 11.2 Å². The minimum atomic E-state index is 0.239. The number of hydrogen-bond acceptors (Lipinski definition) is 4. The van der Waals surface area contributed by atoms with Crippen LogP contribution in [0.4, 0.5) is 11.8 Å². The molecule has 0 aliphatic rings. The first-order valence-corrected chi connectivity index (χ1v) is 6.00. The number of hydrogen-bond donors (Lipinski definition) is 2. The van der Waals surface area contributed by atoms with E-state index in [1.165, 1.54) is 6.20 Å². The van der Waals surface area contributed by atoms with Crippen LogP contribution in [0.15, 0.2) is 6.20 Å². The van der Waals surface area contributed by atoms with Crippen molar-refractivity contribution in [1.82, 2.24) is 9.97 Å². The molecule has 0 aromatic carbocycles. The van der Waals surface area contributed by atoms with Gasteiger partial charge in [-0.05, 0) is 12.8 Å². The Morgan fingerprint density at radius 1 is 1.44 bits per heavy atom. The average molecular weight is 243 g/mol. The lowest BCUT2D eigenvalue weighted by Gasteiger charge is -2.23. The minimum absolute atomic E-state index is 0.239. The number of rotatable bonds is 5. The van der Waals surface area contributed by atoms with Gasteiger partial charge in [0.1, 0.15) is 5.02 Å². The van der Waals surface area contributed by atoms with Gasteiger partial charge >= 0.3 is 0 Å². The molecular formula is C11H19ClN4. The van der Waals surface area contributed by atoms with Crippen LogP contribution in [-0.4, -0.2) is 16.0 Å². The Morgan fingerprint density at radius 3 is 2.62 bits per heavy atom. The van der Waals surface area contributed by atoms with E-state index in [1.54, 1.807) is 0 Å². The summed E-state index contributed by atoms with van der Waals surface area (Å²) in [5.41, 5.74) is 5.52. The van der Waals surface area contributed by atoms with Crippen molar-refractivity contribution in [2.24, 2.45) is 5.92 Å². The quantitative estimate of drug-likeness (QED) is 0.833. The Morgan fingerprint density at radius 2 is 2.06 bits per heavy atom. The first-order valence-electron chi connectivity index (χ1n) is 5.63. The molecule has 0 aliphatic heterocycles. The molecule has 1 atom stereocenters. The zero-order chi connectivity index (χ0) is 12.1. The lowest BCUT2D eigenvalue weighted by atomic mass is 9.95. The summed E-state index contributed by atoms with van der Waals surface area (Å²) < 4.78 is 0. The predicted octanol–water partition coefficient (Wildman–Crippen LogP) is 2.95. The largest absolute Gasteiger partial charge is 0.368 e. The zero-order valence-corrected chi connectivity index (χ0v) is 10.8. The second-order valence-corrected chi connectivity index (χ2v) is 4.34. The highest BCUT2D eigenvalue weighted by Gasteiger charge is 2.15. The maximum atomic E-state index is 5.99. The molecule has 4 nitrogen and oxygen atoms in total. The predicted molar refractivity (Wildman–Crippen MR) is 68.6 cm³/mol. The third-order valence-electron chi connectivity index (χ3n) is 2.88. The van der Waals surface area contributed by atoms with E-state index in [4.69, 9.17) is 17.3 Å². The van der Waals surface area contributed by atoms with Gasteiger partial charge in [0.25, 0.3) is 0 Å². The van der Waals surface area contributed by atoms with Crippen LogP contribution in [0.3, 0.4) is 0 Å². The molecule has 0 spiro atoms. The third-order valence-corrected chi connectivity index (χ3v) is 3.16. The van der Waals surface area contributed by atoms with Gasteiger partial charge in [0.05, 0.1) is 6.20 Å². The molecule has 0 amide bonds. The van der Waals surface area contributed by atoms with Crippen LogP contribution in [0.1, 0.15) is 33.6 Å². The summed E-state index contributed by atoms with van der Waals surface area (Å²) in [5, 5.41) is 3.80. The van der Waals surface area contributed by atoms with Gasteiger partial charge in [0, 0.05) is 6.04 Å². The number of aromatic nitrogens is 2. The van der Waals surface area contributed by atoms with E-state index in [2.05, 4.69) is 36.1 Å². The normalized spacial score (nSPS) is 12.8. The van der Waals surface area contributed by atoms with E-state index in [9.17, 15) is 0 Å². The van der Waals surface area contributed by atoms with Crippen LogP contribution in [0.2, 0.25) is 5.02 Å². The van der Waals surface area contributed by atoms with Gasteiger partial charge in [-0.1, -0.05) is 38.3 Å². The summed E-state index contributed by atoms with van der Waals surface area (Å²) in [6.45, 7) is 6.50. The highest BCUT2D eigenvalue weighted by Crippen LogP contribution is 2.22. The summed E-state index contributed by atoms with van der Waals surface area (Å²) >= 11 is 5.99. The second kappa shape index (κ2) is 5.89. The van der Waals surface area contributed by atoms with Gasteiger partial charge in [-0.3, -0.25) is 0 Å². The molecule has 1 aromatic rings.